The van der Waals surface area contributed by atoms with E-state index in [2.05, 4.69) is 5.32 Å². The van der Waals surface area contributed by atoms with Crippen LogP contribution in [-0.2, 0) is 5.75 Å². The molecule has 4 nitrogen and oxygen atoms in total. The van der Waals surface area contributed by atoms with Crippen molar-refractivity contribution in [2.45, 2.75) is 5.75 Å². The van der Waals surface area contributed by atoms with E-state index in [0.29, 0.717) is 23.6 Å². The summed E-state index contributed by atoms with van der Waals surface area (Å²) in [5.41, 5.74) is 1.51. The third-order valence-electron chi connectivity index (χ3n) is 3.40. The van der Waals surface area contributed by atoms with E-state index in [1.807, 2.05) is 24.3 Å². The van der Waals surface area contributed by atoms with Crippen molar-refractivity contribution in [3.63, 3.8) is 0 Å². The molecule has 0 saturated carbocycles. The Bertz CT molecular complexity index is 671. The molecule has 2 aromatic rings. The lowest BCUT2D eigenvalue weighted by Crippen LogP contribution is -2.26. The molecule has 0 radical (unpaired) electrons. The zero-order valence-corrected chi connectivity index (χ0v) is 15.2. The highest BCUT2D eigenvalue weighted by atomic mass is 35.5. The van der Waals surface area contributed by atoms with Crippen LogP contribution in [0.1, 0.15) is 15.9 Å². The molecule has 0 aliphatic carbocycles. The number of carbonyl (C=O) groups excluding carboxylic acids is 1. The van der Waals surface area contributed by atoms with Crippen LogP contribution in [0.15, 0.2) is 42.5 Å². The van der Waals surface area contributed by atoms with E-state index >= 15 is 0 Å². The number of hydrogen-bond acceptors (Lipinski definition) is 4. The highest BCUT2D eigenvalue weighted by molar-refractivity contribution is 7.98. The second kappa shape index (κ2) is 9.45. The molecule has 2 aromatic carbocycles. The normalized spacial score (nSPS) is 10.3. The topological polar surface area (TPSA) is 47.6 Å². The van der Waals surface area contributed by atoms with Gasteiger partial charge in [-0.2, -0.15) is 11.8 Å². The van der Waals surface area contributed by atoms with Crippen molar-refractivity contribution in [1.29, 1.82) is 0 Å². The Balaban J connectivity index is 1.85. The summed E-state index contributed by atoms with van der Waals surface area (Å²) in [6.45, 7) is 0.551. The van der Waals surface area contributed by atoms with E-state index < -0.39 is 0 Å². The van der Waals surface area contributed by atoms with E-state index in [9.17, 15) is 4.79 Å². The van der Waals surface area contributed by atoms with Gasteiger partial charge in [0.05, 0.1) is 14.2 Å². The molecular weight excluding hydrogens is 346 g/mol. The number of hydrogen-bond donors (Lipinski definition) is 1. The van der Waals surface area contributed by atoms with Crippen LogP contribution in [0.3, 0.4) is 0 Å². The molecule has 128 valence electrons. The summed E-state index contributed by atoms with van der Waals surface area (Å²) >= 11 is 7.84. The fourth-order valence-corrected chi connectivity index (χ4v) is 3.34. The minimum Gasteiger partial charge on any atom is -0.496 e. The number of methoxy groups -OCH3 is 2. The van der Waals surface area contributed by atoms with Crippen molar-refractivity contribution in [3.05, 3.63) is 58.6 Å². The Hall–Kier alpha value is -1.85. The molecule has 24 heavy (non-hydrogen) atoms. The second-order valence-electron chi connectivity index (χ2n) is 4.94. The Morgan fingerprint density at radius 1 is 1.08 bits per heavy atom. The number of amides is 1. The quantitative estimate of drug-likeness (QED) is 0.718. The average molecular weight is 366 g/mol. The molecule has 1 N–H and O–H groups in total. The lowest BCUT2D eigenvalue weighted by molar-refractivity contribution is 0.0950. The molecule has 0 heterocycles. The highest BCUT2D eigenvalue weighted by Gasteiger charge is 2.17. The van der Waals surface area contributed by atoms with Crippen LogP contribution in [0.2, 0.25) is 5.02 Å². The highest BCUT2D eigenvalue weighted by Crippen LogP contribution is 2.28. The monoisotopic (exact) mass is 365 g/mol. The summed E-state index contributed by atoms with van der Waals surface area (Å²) in [4.78, 5) is 12.4. The Morgan fingerprint density at radius 2 is 1.75 bits per heavy atom. The first-order chi connectivity index (χ1) is 11.7. The smallest absolute Gasteiger partial charge is 0.258 e. The number of thioether (sulfide) groups is 1. The molecule has 0 spiro atoms. The number of benzene rings is 2. The van der Waals surface area contributed by atoms with E-state index in [0.717, 1.165) is 22.1 Å². The molecule has 0 saturated heterocycles. The molecule has 0 aliphatic heterocycles. The summed E-state index contributed by atoms with van der Waals surface area (Å²) in [6, 6.07) is 13.0. The maximum Gasteiger partial charge on any atom is 0.258 e. The van der Waals surface area contributed by atoms with Crippen molar-refractivity contribution >= 4 is 29.3 Å². The fraction of sp³-hybridized carbons (Fsp3) is 0.278. The van der Waals surface area contributed by atoms with Gasteiger partial charge in [0.15, 0.2) is 0 Å². The summed E-state index contributed by atoms with van der Waals surface area (Å²) in [6.07, 6.45) is 0. The van der Waals surface area contributed by atoms with Gasteiger partial charge in [0.25, 0.3) is 5.91 Å². The summed E-state index contributed by atoms with van der Waals surface area (Å²) in [5, 5.41) is 3.67. The number of nitrogens with one attached hydrogen (secondary N) is 1. The van der Waals surface area contributed by atoms with Crippen LogP contribution in [0.5, 0.6) is 11.5 Å². The first kappa shape index (κ1) is 18.5. The molecule has 0 bridgehead atoms. The summed E-state index contributed by atoms with van der Waals surface area (Å²) in [5.74, 6) is 2.39. The lowest BCUT2D eigenvalue weighted by Gasteiger charge is -2.13. The van der Waals surface area contributed by atoms with Gasteiger partial charge in [-0.1, -0.05) is 35.9 Å². The predicted octanol–water partition coefficient (Wildman–Crippen LogP) is 4.02. The Morgan fingerprint density at radius 3 is 2.38 bits per heavy atom. The summed E-state index contributed by atoms with van der Waals surface area (Å²) < 4.78 is 10.5. The predicted molar refractivity (Wildman–Crippen MR) is 99.5 cm³/mol. The fourth-order valence-electron chi connectivity index (χ4n) is 2.20. The van der Waals surface area contributed by atoms with Gasteiger partial charge in [0.1, 0.15) is 17.1 Å². The van der Waals surface area contributed by atoms with Gasteiger partial charge in [-0.3, -0.25) is 4.79 Å². The number of ether oxygens (including phenoxy) is 2. The van der Waals surface area contributed by atoms with Gasteiger partial charge in [-0.25, -0.2) is 0 Å². The van der Waals surface area contributed by atoms with Crippen LogP contribution < -0.4 is 14.8 Å². The summed E-state index contributed by atoms with van der Waals surface area (Å²) in [7, 11) is 3.07. The van der Waals surface area contributed by atoms with Crippen molar-refractivity contribution in [3.8, 4) is 11.5 Å². The first-order valence-electron chi connectivity index (χ1n) is 7.47. The molecule has 6 heteroatoms. The Kier molecular flexibility index (Phi) is 7.28. The molecule has 0 unspecified atom stereocenters. The van der Waals surface area contributed by atoms with Crippen LogP contribution in [0.4, 0.5) is 0 Å². The molecule has 1 amide bonds. The molecule has 0 aromatic heterocycles. The van der Waals surface area contributed by atoms with Gasteiger partial charge in [-0.15, -0.1) is 0 Å². The van der Waals surface area contributed by atoms with E-state index in [4.69, 9.17) is 21.1 Å². The third kappa shape index (κ3) is 4.82. The van der Waals surface area contributed by atoms with Crippen molar-refractivity contribution in [2.75, 3.05) is 26.5 Å². The van der Waals surface area contributed by atoms with Gasteiger partial charge in [0.2, 0.25) is 0 Å². The van der Waals surface area contributed by atoms with Gasteiger partial charge in [-0.05, 0) is 23.8 Å². The SMILES string of the molecule is COc1cccc(OC)c1C(=O)NCCSCc1ccccc1Cl. The number of rotatable bonds is 8. The minimum absolute atomic E-state index is 0.206. The zero-order valence-electron chi connectivity index (χ0n) is 13.7. The zero-order chi connectivity index (χ0) is 17.4. The Labute approximate surface area is 151 Å². The van der Waals surface area contributed by atoms with Crippen molar-refractivity contribution in [2.24, 2.45) is 0 Å². The van der Waals surface area contributed by atoms with E-state index in [1.165, 1.54) is 14.2 Å². The first-order valence-corrected chi connectivity index (χ1v) is 9.01. The van der Waals surface area contributed by atoms with Crippen LogP contribution in [0, 0.1) is 0 Å². The van der Waals surface area contributed by atoms with E-state index in [1.54, 1.807) is 30.0 Å². The van der Waals surface area contributed by atoms with Crippen LogP contribution in [-0.4, -0.2) is 32.4 Å². The third-order valence-corrected chi connectivity index (χ3v) is 4.78. The van der Waals surface area contributed by atoms with Crippen LogP contribution >= 0.6 is 23.4 Å². The largest absolute Gasteiger partial charge is 0.496 e. The molecule has 0 fully saturated rings. The minimum atomic E-state index is -0.206. The van der Waals surface area contributed by atoms with Gasteiger partial charge in [0, 0.05) is 23.1 Å². The lowest BCUT2D eigenvalue weighted by atomic mass is 10.1. The number of halogens is 1. The van der Waals surface area contributed by atoms with Gasteiger partial charge < -0.3 is 14.8 Å². The van der Waals surface area contributed by atoms with E-state index in [-0.39, 0.29) is 5.91 Å². The molecular formula is C18H20ClNO3S. The number of carbonyl (C=O) groups is 1. The molecule has 0 aliphatic rings. The second-order valence-corrected chi connectivity index (χ2v) is 6.45. The van der Waals surface area contributed by atoms with Gasteiger partial charge >= 0.3 is 0 Å². The average Bonchev–Trinajstić information content (AvgIpc) is 2.61. The van der Waals surface area contributed by atoms with Crippen molar-refractivity contribution < 1.29 is 14.3 Å². The maximum absolute atomic E-state index is 12.4. The standard InChI is InChI=1S/C18H20ClNO3S/c1-22-15-8-5-9-16(23-2)17(15)18(21)20-10-11-24-12-13-6-3-4-7-14(13)19/h3-9H,10-12H2,1-2H3,(H,20,21). The molecule has 2 rings (SSSR count). The molecule has 0 atom stereocenters. The maximum atomic E-state index is 12.4. The van der Waals surface area contributed by atoms with Crippen molar-refractivity contribution in [1.82, 2.24) is 5.32 Å². The van der Waals surface area contributed by atoms with Crippen LogP contribution in [0.25, 0.3) is 0 Å².